The molecular weight excluding hydrogens is 192 g/mol. The zero-order valence-corrected chi connectivity index (χ0v) is 8.84. The Morgan fingerprint density at radius 3 is 3.07 bits per heavy atom. The number of carboxylic acids is 1. The van der Waals surface area contributed by atoms with Crippen LogP contribution in [-0.2, 0) is 4.79 Å². The molecule has 15 heavy (non-hydrogen) atoms. The van der Waals surface area contributed by atoms with Crippen molar-refractivity contribution in [3.05, 3.63) is 24.4 Å². The third-order valence-electron chi connectivity index (χ3n) is 3.13. The molecule has 0 amide bonds. The smallest absolute Gasteiger partial charge is 0.331 e. The van der Waals surface area contributed by atoms with E-state index in [-0.39, 0.29) is 5.92 Å². The van der Waals surface area contributed by atoms with Gasteiger partial charge in [-0.1, -0.05) is 13.0 Å². The van der Waals surface area contributed by atoms with Crippen molar-refractivity contribution in [1.82, 2.24) is 4.90 Å². The van der Waals surface area contributed by atoms with Gasteiger partial charge in [0.05, 0.1) is 0 Å². The van der Waals surface area contributed by atoms with Gasteiger partial charge in [-0.25, -0.2) is 9.79 Å². The third kappa shape index (κ3) is 1.46. The predicted molar refractivity (Wildman–Crippen MR) is 57.6 cm³/mol. The quantitative estimate of drug-likeness (QED) is 0.702. The summed E-state index contributed by atoms with van der Waals surface area (Å²) in [4.78, 5) is 17.5. The van der Waals surface area contributed by atoms with Gasteiger partial charge in [0, 0.05) is 18.7 Å². The van der Waals surface area contributed by atoms with Crippen molar-refractivity contribution < 1.29 is 9.90 Å². The molecule has 0 aromatic heterocycles. The minimum absolute atomic E-state index is 0.00472. The van der Waals surface area contributed by atoms with E-state index in [0.29, 0.717) is 6.54 Å². The first-order chi connectivity index (χ1) is 7.04. The van der Waals surface area contributed by atoms with Crippen LogP contribution in [0.4, 0.5) is 0 Å². The number of aliphatic carboxylic acids is 1. The summed E-state index contributed by atoms with van der Waals surface area (Å²) in [6.07, 6.45) is 7.56. The number of hydrogen-bond acceptors (Lipinski definition) is 3. The summed E-state index contributed by atoms with van der Waals surface area (Å²) in [5.74, 6) is -0.125. The van der Waals surface area contributed by atoms with Crippen LogP contribution in [0.15, 0.2) is 29.4 Å². The average molecular weight is 206 g/mol. The number of nitrogens with zero attached hydrogens (tertiary/aromatic N) is 2. The lowest BCUT2D eigenvalue weighted by molar-refractivity contribution is -0.144. The van der Waals surface area contributed by atoms with Gasteiger partial charge in [0.25, 0.3) is 0 Å². The summed E-state index contributed by atoms with van der Waals surface area (Å²) in [7, 11) is 0. The fourth-order valence-corrected chi connectivity index (χ4v) is 1.80. The number of fused-ring (bicyclic) bond motifs is 1. The molecule has 1 N–H and O–H groups in total. The van der Waals surface area contributed by atoms with Crippen LogP contribution in [0.3, 0.4) is 0 Å². The standard InChI is InChI=1S/C11H14N2O2/c1-8-7-13-6-4-3-5-9(13)12-11(8,2)10(14)15/h3-6,8H,7H2,1-2H3,(H,14,15). The molecule has 2 unspecified atom stereocenters. The highest BCUT2D eigenvalue weighted by molar-refractivity contribution is 5.98. The first-order valence-electron chi connectivity index (χ1n) is 4.99. The molecule has 2 rings (SSSR count). The second kappa shape index (κ2) is 3.22. The number of allylic oxidation sites excluding steroid dienone is 2. The Morgan fingerprint density at radius 1 is 1.67 bits per heavy atom. The largest absolute Gasteiger partial charge is 0.479 e. The predicted octanol–water partition coefficient (Wildman–Crippen LogP) is 1.26. The van der Waals surface area contributed by atoms with Crippen molar-refractivity contribution in [2.75, 3.05) is 6.54 Å². The number of carbonyl (C=O) groups is 1. The molecule has 0 bridgehead atoms. The van der Waals surface area contributed by atoms with E-state index in [1.807, 2.05) is 36.3 Å². The average Bonchev–Trinajstić information content (AvgIpc) is 2.19. The van der Waals surface area contributed by atoms with Gasteiger partial charge < -0.3 is 10.0 Å². The summed E-state index contributed by atoms with van der Waals surface area (Å²) in [5.41, 5.74) is -0.999. The second-order valence-electron chi connectivity index (χ2n) is 4.18. The van der Waals surface area contributed by atoms with Crippen molar-refractivity contribution >= 4 is 11.8 Å². The van der Waals surface area contributed by atoms with Gasteiger partial charge in [0.15, 0.2) is 5.54 Å². The third-order valence-corrected chi connectivity index (χ3v) is 3.13. The highest BCUT2D eigenvalue weighted by Crippen LogP contribution is 2.29. The van der Waals surface area contributed by atoms with Crippen molar-refractivity contribution in [2.45, 2.75) is 19.4 Å². The van der Waals surface area contributed by atoms with E-state index in [9.17, 15) is 9.90 Å². The van der Waals surface area contributed by atoms with Crippen LogP contribution < -0.4 is 0 Å². The molecule has 0 aromatic rings. The van der Waals surface area contributed by atoms with Crippen molar-refractivity contribution in [3.63, 3.8) is 0 Å². The molecule has 4 nitrogen and oxygen atoms in total. The summed E-state index contributed by atoms with van der Waals surface area (Å²) >= 11 is 0. The van der Waals surface area contributed by atoms with Gasteiger partial charge in [0.2, 0.25) is 0 Å². The van der Waals surface area contributed by atoms with Crippen LogP contribution in [0.5, 0.6) is 0 Å². The molecule has 0 aliphatic carbocycles. The number of carboxylic acid groups (broad SMARTS) is 1. The normalized spacial score (nSPS) is 33.6. The van der Waals surface area contributed by atoms with Crippen LogP contribution in [0, 0.1) is 5.92 Å². The van der Waals surface area contributed by atoms with Gasteiger partial charge in [-0.2, -0.15) is 0 Å². The molecule has 0 saturated carbocycles. The molecule has 0 radical (unpaired) electrons. The Bertz CT molecular complexity index is 384. The first kappa shape index (κ1) is 9.96. The summed E-state index contributed by atoms with van der Waals surface area (Å²) in [6.45, 7) is 4.29. The molecule has 0 saturated heterocycles. The molecule has 2 atom stereocenters. The topological polar surface area (TPSA) is 52.9 Å². The van der Waals surface area contributed by atoms with Gasteiger partial charge in [0.1, 0.15) is 5.84 Å². The summed E-state index contributed by atoms with van der Waals surface area (Å²) in [6, 6.07) is 0. The number of amidine groups is 1. The monoisotopic (exact) mass is 206 g/mol. The Labute approximate surface area is 88.6 Å². The second-order valence-corrected chi connectivity index (χ2v) is 4.18. The highest BCUT2D eigenvalue weighted by Gasteiger charge is 2.43. The van der Waals surface area contributed by atoms with Crippen LogP contribution in [0.1, 0.15) is 13.8 Å². The zero-order chi connectivity index (χ0) is 11.1. The molecule has 4 heteroatoms. The lowest BCUT2D eigenvalue weighted by atomic mass is 9.85. The maximum absolute atomic E-state index is 11.2. The molecule has 0 aromatic carbocycles. The van der Waals surface area contributed by atoms with E-state index < -0.39 is 11.5 Å². The maximum atomic E-state index is 11.2. The van der Waals surface area contributed by atoms with Crippen molar-refractivity contribution in [2.24, 2.45) is 10.9 Å². The van der Waals surface area contributed by atoms with Gasteiger partial charge >= 0.3 is 5.97 Å². The van der Waals surface area contributed by atoms with Crippen molar-refractivity contribution in [3.8, 4) is 0 Å². The Kier molecular flexibility index (Phi) is 2.14. The lowest BCUT2D eigenvalue weighted by Gasteiger charge is -2.38. The number of hydrogen-bond donors (Lipinski definition) is 1. The van der Waals surface area contributed by atoms with Crippen LogP contribution in [-0.4, -0.2) is 33.9 Å². The fraction of sp³-hybridized carbons (Fsp3) is 0.455. The lowest BCUT2D eigenvalue weighted by Crippen LogP contribution is -2.51. The molecule has 2 aliphatic heterocycles. The van der Waals surface area contributed by atoms with Crippen LogP contribution >= 0.6 is 0 Å². The number of aliphatic imine (C=N–C) groups is 1. The Morgan fingerprint density at radius 2 is 2.40 bits per heavy atom. The Hall–Kier alpha value is -1.58. The first-order valence-corrected chi connectivity index (χ1v) is 4.99. The van der Waals surface area contributed by atoms with E-state index in [0.717, 1.165) is 5.84 Å². The zero-order valence-electron chi connectivity index (χ0n) is 8.84. The minimum atomic E-state index is -0.999. The molecule has 2 heterocycles. The highest BCUT2D eigenvalue weighted by atomic mass is 16.4. The van der Waals surface area contributed by atoms with Crippen molar-refractivity contribution in [1.29, 1.82) is 0 Å². The van der Waals surface area contributed by atoms with Crippen LogP contribution in [0.2, 0.25) is 0 Å². The minimum Gasteiger partial charge on any atom is -0.479 e. The van der Waals surface area contributed by atoms with E-state index in [1.165, 1.54) is 0 Å². The SMILES string of the molecule is CC1CN2C=CC=CC2=NC1(C)C(=O)O. The molecule has 80 valence electrons. The van der Waals surface area contributed by atoms with E-state index in [1.54, 1.807) is 6.92 Å². The fourth-order valence-electron chi connectivity index (χ4n) is 1.80. The summed E-state index contributed by atoms with van der Waals surface area (Å²) < 4.78 is 0. The maximum Gasteiger partial charge on any atom is 0.331 e. The van der Waals surface area contributed by atoms with Gasteiger partial charge in [-0.3, -0.25) is 0 Å². The van der Waals surface area contributed by atoms with E-state index in [4.69, 9.17) is 0 Å². The van der Waals surface area contributed by atoms with Gasteiger partial charge in [-0.05, 0) is 19.1 Å². The number of rotatable bonds is 1. The molecular formula is C11H14N2O2. The molecule has 0 spiro atoms. The molecule has 0 fully saturated rings. The van der Waals surface area contributed by atoms with E-state index in [2.05, 4.69) is 4.99 Å². The molecule has 2 aliphatic rings. The Balaban J connectivity index is 2.41. The summed E-state index contributed by atoms with van der Waals surface area (Å²) in [5, 5.41) is 9.19. The van der Waals surface area contributed by atoms with E-state index >= 15 is 0 Å². The van der Waals surface area contributed by atoms with Gasteiger partial charge in [-0.15, -0.1) is 0 Å². The van der Waals surface area contributed by atoms with Crippen LogP contribution in [0.25, 0.3) is 0 Å².